The van der Waals surface area contributed by atoms with Crippen molar-refractivity contribution < 1.29 is 17.9 Å². The lowest BCUT2D eigenvalue weighted by Crippen LogP contribution is -2.44. The number of aromatic nitrogens is 1. The summed E-state index contributed by atoms with van der Waals surface area (Å²) >= 11 is 6.35. The Hall–Kier alpha value is -2.52. The maximum atomic E-state index is 13.3. The highest BCUT2D eigenvalue weighted by atomic mass is 35.5. The molecular weight excluding hydrogens is 524 g/mol. The Labute approximate surface area is 229 Å². The van der Waals surface area contributed by atoms with Crippen LogP contribution < -0.4 is 19.3 Å². The second kappa shape index (κ2) is 9.90. The lowest BCUT2D eigenvalue weighted by Gasteiger charge is -2.42. The van der Waals surface area contributed by atoms with Crippen LogP contribution in [0.15, 0.2) is 41.4 Å². The third kappa shape index (κ3) is 5.07. The first kappa shape index (κ1) is 25.7. The Morgan fingerprint density at radius 1 is 0.921 bits per heavy atom. The van der Waals surface area contributed by atoms with Crippen LogP contribution in [0, 0.1) is 5.41 Å². The molecule has 1 aromatic heterocycles. The van der Waals surface area contributed by atoms with Gasteiger partial charge in [0.05, 0.1) is 5.69 Å². The van der Waals surface area contributed by atoms with Gasteiger partial charge in [0.1, 0.15) is 11.6 Å². The van der Waals surface area contributed by atoms with Gasteiger partial charge in [0.2, 0.25) is 0 Å². The standard InChI is InChI=1S/C28H35ClN4O4S/c29-21-9-10-22(33-18-6-13-27(20-33)11-1-2-12-27)23(19-21)37-28(14-15-28)26(34)31-38(35,36)25-8-5-7-24(30-25)32-16-3-4-17-32/h5,7-10,19H,1-4,6,11-18,20H2,(H,31,34). The van der Waals surface area contributed by atoms with Gasteiger partial charge in [-0.15, -0.1) is 0 Å². The maximum Gasteiger partial charge on any atom is 0.281 e. The van der Waals surface area contributed by atoms with Gasteiger partial charge in [0.15, 0.2) is 10.6 Å². The molecule has 2 aliphatic heterocycles. The van der Waals surface area contributed by atoms with E-state index in [0.29, 0.717) is 34.8 Å². The molecule has 4 aliphatic rings. The van der Waals surface area contributed by atoms with Crippen molar-refractivity contribution in [2.45, 2.75) is 74.8 Å². The molecule has 0 atom stereocenters. The summed E-state index contributed by atoms with van der Waals surface area (Å²) < 4.78 is 34.9. The second-order valence-corrected chi connectivity index (χ2v) is 13.5. The van der Waals surface area contributed by atoms with Gasteiger partial charge in [0.25, 0.3) is 15.9 Å². The summed E-state index contributed by atoms with van der Waals surface area (Å²) in [5.74, 6) is 0.481. The predicted octanol–water partition coefficient (Wildman–Crippen LogP) is 4.91. The third-order valence-corrected chi connectivity index (χ3v) is 10.1. The van der Waals surface area contributed by atoms with Crippen molar-refractivity contribution in [2.24, 2.45) is 5.41 Å². The fourth-order valence-electron chi connectivity index (χ4n) is 6.42. The average Bonchev–Trinajstić information content (AvgIpc) is 3.26. The first-order chi connectivity index (χ1) is 18.3. The van der Waals surface area contributed by atoms with E-state index in [2.05, 4.69) is 19.5 Å². The van der Waals surface area contributed by atoms with Gasteiger partial charge in [-0.1, -0.05) is 30.5 Å². The van der Waals surface area contributed by atoms with E-state index in [1.54, 1.807) is 18.2 Å². The van der Waals surface area contributed by atoms with Gasteiger partial charge in [-0.3, -0.25) is 4.79 Å². The summed E-state index contributed by atoms with van der Waals surface area (Å²) in [6.07, 6.45) is 10.4. The van der Waals surface area contributed by atoms with Crippen LogP contribution in [0.25, 0.3) is 0 Å². The van der Waals surface area contributed by atoms with Gasteiger partial charge in [0, 0.05) is 50.1 Å². The van der Waals surface area contributed by atoms with E-state index in [1.807, 2.05) is 12.1 Å². The number of hydrogen-bond donors (Lipinski definition) is 1. The van der Waals surface area contributed by atoms with Crippen LogP contribution in [0.5, 0.6) is 5.75 Å². The van der Waals surface area contributed by atoms with Crippen molar-refractivity contribution in [1.82, 2.24) is 9.71 Å². The Kier molecular flexibility index (Phi) is 6.71. The summed E-state index contributed by atoms with van der Waals surface area (Å²) in [5, 5.41) is 0.354. The van der Waals surface area contributed by atoms with Crippen molar-refractivity contribution in [3.63, 3.8) is 0 Å². The number of nitrogens with one attached hydrogen (secondary N) is 1. The number of halogens is 1. The molecule has 6 rings (SSSR count). The van der Waals surface area contributed by atoms with Crippen LogP contribution in [0.2, 0.25) is 5.02 Å². The zero-order valence-corrected chi connectivity index (χ0v) is 23.2. The maximum absolute atomic E-state index is 13.3. The summed E-state index contributed by atoms with van der Waals surface area (Å²) in [5.41, 5.74) is 0.0382. The summed E-state index contributed by atoms with van der Waals surface area (Å²) in [6.45, 7) is 3.59. The van der Waals surface area contributed by atoms with Crippen LogP contribution in [-0.2, 0) is 14.8 Å². The highest BCUT2D eigenvalue weighted by molar-refractivity contribution is 7.90. The molecule has 2 aromatic rings. The van der Waals surface area contributed by atoms with Crippen molar-refractivity contribution in [2.75, 3.05) is 36.0 Å². The Morgan fingerprint density at radius 2 is 1.63 bits per heavy atom. The van der Waals surface area contributed by atoms with Crippen molar-refractivity contribution in [3.8, 4) is 5.75 Å². The largest absolute Gasteiger partial charge is 0.475 e. The number of hydrogen-bond acceptors (Lipinski definition) is 7. The van der Waals surface area contributed by atoms with Gasteiger partial charge < -0.3 is 14.5 Å². The molecule has 1 aromatic carbocycles. The zero-order chi connectivity index (χ0) is 26.4. The molecule has 1 amide bonds. The molecule has 38 heavy (non-hydrogen) atoms. The molecule has 1 N–H and O–H groups in total. The van der Waals surface area contributed by atoms with Crippen LogP contribution in [-0.4, -0.2) is 51.1 Å². The van der Waals surface area contributed by atoms with E-state index < -0.39 is 21.5 Å². The number of piperidine rings is 1. The van der Waals surface area contributed by atoms with E-state index in [4.69, 9.17) is 16.3 Å². The molecular formula is C28H35ClN4O4S. The molecule has 2 saturated carbocycles. The topological polar surface area (TPSA) is 91.8 Å². The Balaban J connectivity index is 1.20. The Morgan fingerprint density at radius 3 is 2.37 bits per heavy atom. The van der Waals surface area contributed by atoms with Crippen LogP contribution in [0.4, 0.5) is 11.5 Å². The monoisotopic (exact) mass is 558 g/mol. The third-order valence-electron chi connectivity index (χ3n) is 8.65. The first-order valence-electron chi connectivity index (χ1n) is 13.8. The highest BCUT2D eigenvalue weighted by Gasteiger charge is 2.55. The number of carbonyl (C=O) groups is 1. The highest BCUT2D eigenvalue weighted by Crippen LogP contribution is 2.49. The smallest absolute Gasteiger partial charge is 0.281 e. The van der Waals surface area contributed by atoms with Gasteiger partial charge in [-0.2, -0.15) is 8.42 Å². The number of anilines is 2. The zero-order valence-electron chi connectivity index (χ0n) is 21.6. The lowest BCUT2D eigenvalue weighted by molar-refractivity contribution is -0.127. The SMILES string of the molecule is O=C(NS(=O)(=O)c1cccc(N2CCCC2)n1)C1(Oc2cc(Cl)ccc2N2CCCC3(CCCC3)C2)CC1. The summed E-state index contributed by atoms with van der Waals surface area (Å²) in [4.78, 5) is 22.1. The van der Waals surface area contributed by atoms with Gasteiger partial charge in [-0.05, 0) is 68.2 Å². The predicted molar refractivity (Wildman–Crippen MR) is 147 cm³/mol. The van der Waals surface area contributed by atoms with E-state index in [0.717, 1.165) is 51.1 Å². The minimum atomic E-state index is -4.15. The average molecular weight is 559 g/mol. The van der Waals surface area contributed by atoms with Crippen LogP contribution in [0.3, 0.4) is 0 Å². The molecule has 2 aliphatic carbocycles. The molecule has 10 heteroatoms. The second-order valence-electron chi connectivity index (χ2n) is 11.4. The molecule has 0 bridgehead atoms. The molecule has 0 unspecified atom stereocenters. The molecule has 0 radical (unpaired) electrons. The van der Waals surface area contributed by atoms with Crippen molar-refractivity contribution >= 4 is 39.0 Å². The minimum absolute atomic E-state index is 0.162. The Bertz CT molecular complexity index is 1320. The van der Waals surface area contributed by atoms with E-state index in [1.165, 1.54) is 38.2 Å². The number of ether oxygens (including phenoxy) is 1. The number of carbonyl (C=O) groups excluding carboxylic acids is 1. The molecule has 2 saturated heterocycles. The van der Waals surface area contributed by atoms with Crippen molar-refractivity contribution in [1.29, 1.82) is 0 Å². The molecule has 3 heterocycles. The normalized spacial score (nSPS) is 22.0. The first-order valence-corrected chi connectivity index (χ1v) is 15.7. The number of pyridine rings is 1. The van der Waals surface area contributed by atoms with Crippen molar-refractivity contribution in [3.05, 3.63) is 41.4 Å². The fraction of sp³-hybridized carbons (Fsp3) is 0.571. The molecule has 4 fully saturated rings. The number of nitrogens with zero attached hydrogens (tertiary/aromatic N) is 3. The van der Waals surface area contributed by atoms with Crippen LogP contribution in [0.1, 0.15) is 64.2 Å². The molecule has 1 spiro atoms. The van der Waals surface area contributed by atoms with E-state index in [9.17, 15) is 13.2 Å². The lowest BCUT2D eigenvalue weighted by atomic mass is 9.78. The number of sulfonamides is 1. The molecule has 204 valence electrons. The minimum Gasteiger partial charge on any atom is -0.475 e. The van der Waals surface area contributed by atoms with Crippen LogP contribution >= 0.6 is 11.6 Å². The molecule has 8 nitrogen and oxygen atoms in total. The quantitative estimate of drug-likeness (QED) is 0.516. The van der Waals surface area contributed by atoms with E-state index >= 15 is 0 Å². The fourth-order valence-corrected chi connectivity index (χ4v) is 7.59. The summed E-state index contributed by atoms with van der Waals surface area (Å²) in [7, 11) is -4.15. The summed E-state index contributed by atoms with van der Waals surface area (Å²) in [6, 6.07) is 10.4. The number of amides is 1. The number of rotatable bonds is 7. The van der Waals surface area contributed by atoms with Gasteiger partial charge in [-0.25, -0.2) is 9.71 Å². The number of benzene rings is 1. The van der Waals surface area contributed by atoms with E-state index in [-0.39, 0.29) is 5.03 Å². The van der Waals surface area contributed by atoms with Gasteiger partial charge >= 0.3 is 0 Å².